The van der Waals surface area contributed by atoms with Crippen LogP contribution < -0.4 is 4.90 Å². The zero-order valence-electron chi connectivity index (χ0n) is 16.8. The van der Waals surface area contributed by atoms with Gasteiger partial charge in [0.15, 0.2) is 0 Å². The van der Waals surface area contributed by atoms with Crippen LogP contribution in [0.4, 0.5) is 5.69 Å². The minimum atomic E-state index is -3.39. The Kier molecular flexibility index (Phi) is 6.22. The largest absolute Gasteiger partial charge is 0.365 e. The molecule has 0 N–H and O–H groups in total. The molecule has 0 amide bonds. The Hall–Kier alpha value is -2.22. The fourth-order valence-corrected chi connectivity index (χ4v) is 5.50. The fraction of sp³-hybridized carbons (Fsp3) is 0.261. The fourth-order valence-electron chi connectivity index (χ4n) is 4.03. The van der Waals surface area contributed by atoms with Gasteiger partial charge in [-0.25, -0.2) is 8.42 Å². The normalized spacial score (nSPS) is 17.4. The Labute approximate surface area is 186 Å². The van der Waals surface area contributed by atoms with Gasteiger partial charge in [-0.2, -0.15) is 4.31 Å². The molecular weight excluding hydrogens is 462 g/mol. The average molecular weight is 486 g/mol. The third kappa shape index (κ3) is 4.91. The smallest absolute Gasteiger partial charge is 0.211 e. The van der Waals surface area contributed by atoms with E-state index in [0.717, 1.165) is 26.9 Å². The molecule has 0 saturated heterocycles. The Morgan fingerprint density at radius 3 is 2.53 bits per heavy atom. The summed E-state index contributed by atoms with van der Waals surface area (Å²) in [5.41, 5.74) is 4.28. The lowest BCUT2D eigenvalue weighted by Crippen LogP contribution is -2.45. The van der Waals surface area contributed by atoms with Crippen molar-refractivity contribution in [1.82, 2.24) is 9.29 Å². The molecule has 0 fully saturated rings. The second-order valence-electron chi connectivity index (χ2n) is 7.67. The number of rotatable bonds is 5. The van der Waals surface area contributed by atoms with E-state index in [1.165, 1.54) is 6.26 Å². The number of nitrogens with zero attached hydrogens (tertiary/aromatic N) is 3. The topological polar surface area (TPSA) is 53.5 Å². The maximum absolute atomic E-state index is 12.8. The molecular formula is C23H24BrN3O2S. The number of anilines is 1. The first kappa shape index (κ1) is 21.0. The highest BCUT2D eigenvalue weighted by Gasteiger charge is 2.33. The van der Waals surface area contributed by atoms with Gasteiger partial charge in [-0.3, -0.25) is 4.98 Å². The van der Waals surface area contributed by atoms with Gasteiger partial charge in [0.2, 0.25) is 10.0 Å². The summed E-state index contributed by atoms with van der Waals surface area (Å²) in [6.45, 7) is 1.63. The molecule has 30 heavy (non-hydrogen) atoms. The zero-order valence-corrected chi connectivity index (χ0v) is 19.2. The molecule has 156 valence electrons. The van der Waals surface area contributed by atoms with Crippen molar-refractivity contribution in [3.05, 3.63) is 94.2 Å². The van der Waals surface area contributed by atoms with Gasteiger partial charge >= 0.3 is 0 Å². The summed E-state index contributed by atoms with van der Waals surface area (Å²) in [5.74, 6) is 0. The van der Waals surface area contributed by atoms with Crippen molar-refractivity contribution in [3.63, 3.8) is 0 Å². The van der Waals surface area contributed by atoms with Gasteiger partial charge in [-0.05, 0) is 47.4 Å². The van der Waals surface area contributed by atoms with Crippen molar-refractivity contribution in [2.45, 2.75) is 25.6 Å². The van der Waals surface area contributed by atoms with Crippen molar-refractivity contribution in [1.29, 1.82) is 0 Å². The van der Waals surface area contributed by atoms with E-state index >= 15 is 0 Å². The summed E-state index contributed by atoms with van der Waals surface area (Å²) >= 11 is 3.55. The highest BCUT2D eigenvalue weighted by Crippen LogP contribution is 2.33. The number of hydrogen-bond donors (Lipinski definition) is 0. The van der Waals surface area contributed by atoms with Gasteiger partial charge < -0.3 is 4.90 Å². The van der Waals surface area contributed by atoms with E-state index in [2.05, 4.69) is 50.1 Å². The van der Waals surface area contributed by atoms with E-state index in [9.17, 15) is 8.42 Å². The van der Waals surface area contributed by atoms with Gasteiger partial charge in [0.1, 0.15) is 0 Å². The predicted molar refractivity (Wildman–Crippen MR) is 124 cm³/mol. The summed E-state index contributed by atoms with van der Waals surface area (Å²) in [6.07, 6.45) is 5.59. The van der Waals surface area contributed by atoms with Crippen molar-refractivity contribution in [3.8, 4) is 0 Å². The highest BCUT2D eigenvalue weighted by molar-refractivity contribution is 9.10. The van der Waals surface area contributed by atoms with Crippen molar-refractivity contribution < 1.29 is 8.42 Å². The quantitative estimate of drug-likeness (QED) is 0.542. The molecule has 1 aliphatic rings. The zero-order chi connectivity index (χ0) is 21.1. The Bertz CT molecular complexity index is 1110. The third-order valence-electron chi connectivity index (χ3n) is 5.38. The van der Waals surface area contributed by atoms with E-state index in [4.69, 9.17) is 0 Å². The van der Waals surface area contributed by atoms with Crippen LogP contribution in [0.25, 0.3) is 0 Å². The summed E-state index contributed by atoms with van der Waals surface area (Å²) in [6, 6.07) is 20.0. The molecule has 0 bridgehead atoms. The first-order valence-corrected chi connectivity index (χ1v) is 12.5. The maximum atomic E-state index is 12.8. The summed E-state index contributed by atoms with van der Waals surface area (Å²) in [7, 11) is -3.39. The van der Waals surface area contributed by atoms with Gasteiger partial charge in [0, 0.05) is 48.2 Å². The first-order valence-electron chi connectivity index (χ1n) is 9.83. The van der Waals surface area contributed by atoms with E-state index < -0.39 is 10.0 Å². The third-order valence-corrected chi connectivity index (χ3v) is 7.16. The van der Waals surface area contributed by atoms with E-state index in [1.54, 1.807) is 10.5 Å². The van der Waals surface area contributed by atoms with Crippen LogP contribution in [0.2, 0.25) is 0 Å². The van der Waals surface area contributed by atoms with Crippen LogP contribution >= 0.6 is 15.9 Å². The molecule has 0 spiro atoms. The number of aromatic nitrogens is 1. The Balaban J connectivity index is 1.76. The molecule has 4 rings (SSSR count). The maximum Gasteiger partial charge on any atom is 0.211 e. The molecule has 0 aliphatic carbocycles. The molecule has 3 aromatic rings. The summed E-state index contributed by atoms with van der Waals surface area (Å²) in [4.78, 5) is 6.52. The van der Waals surface area contributed by atoms with Crippen molar-refractivity contribution in [2.24, 2.45) is 0 Å². The van der Waals surface area contributed by atoms with Crippen LogP contribution in [0.1, 0.15) is 16.7 Å². The molecule has 2 aromatic carbocycles. The van der Waals surface area contributed by atoms with Crippen LogP contribution in [-0.4, -0.2) is 36.5 Å². The highest BCUT2D eigenvalue weighted by atomic mass is 79.9. The summed E-state index contributed by atoms with van der Waals surface area (Å²) in [5, 5.41) is 0. The van der Waals surface area contributed by atoms with Gasteiger partial charge in [-0.15, -0.1) is 0 Å². The molecule has 2 heterocycles. The lowest BCUT2D eigenvalue weighted by atomic mass is 10.1. The van der Waals surface area contributed by atoms with Crippen molar-refractivity contribution in [2.75, 3.05) is 17.7 Å². The van der Waals surface area contributed by atoms with Crippen LogP contribution in [0, 0.1) is 0 Å². The van der Waals surface area contributed by atoms with Gasteiger partial charge in [0.25, 0.3) is 0 Å². The SMILES string of the molecule is CS(=O)(=O)N1Cc2cc(Br)ccc2N(Cc2cccnc2)C[C@H]1Cc1ccccc1. The molecule has 0 radical (unpaired) electrons. The van der Waals surface area contributed by atoms with Crippen LogP contribution in [0.15, 0.2) is 77.5 Å². The van der Waals surface area contributed by atoms with Crippen LogP contribution in [0.3, 0.4) is 0 Å². The number of hydrogen-bond acceptors (Lipinski definition) is 4. The van der Waals surface area contributed by atoms with Crippen molar-refractivity contribution >= 4 is 31.6 Å². The van der Waals surface area contributed by atoms with Crippen LogP contribution in [-0.2, 0) is 29.5 Å². The Morgan fingerprint density at radius 2 is 1.83 bits per heavy atom. The molecule has 1 aromatic heterocycles. The molecule has 5 nitrogen and oxygen atoms in total. The molecule has 0 unspecified atom stereocenters. The predicted octanol–water partition coefficient (Wildman–Crippen LogP) is 4.24. The number of halogens is 1. The summed E-state index contributed by atoms with van der Waals surface area (Å²) < 4.78 is 28.2. The lowest BCUT2D eigenvalue weighted by Gasteiger charge is -2.31. The van der Waals surface area contributed by atoms with Gasteiger partial charge in [-0.1, -0.05) is 52.3 Å². The molecule has 1 atom stereocenters. The number of sulfonamides is 1. The number of fused-ring (bicyclic) bond motifs is 1. The number of benzene rings is 2. The lowest BCUT2D eigenvalue weighted by molar-refractivity contribution is 0.320. The number of pyridine rings is 1. The van der Waals surface area contributed by atoms with E-state index in [-0.39, 0.29) is 6.04 Å². The van der Waals surface area contributed by atoms with E-state index in [1.807, 2.05) is 42.6 Å². The first-order chi connectivity index (χ1) is 14.4. The van der Waals surface area contributed by atoms with Gasteiger partial charge in [0.05, 0.1) is 6.26 Å². The second kappa shape index (κ2) is 8.88. The molecule has 7 heteroatoms. The second-order valence-corrected chi connectivity index (χ2v) is 10.5. The minimum absolute atomic E-state index is 0.176. The standard InChI is InChI=1S/C23H24BrN3O2S/c1-30(28,29)27-16-20-13-21(24)9-10-23(20)26(15-19-8-5-11-25-14-19)17-22(27)12-18-6-3-2-4-7-18/h2-11,13-14,22H,12,15-17H2,1H3/t22-/m1/s1. The van der Waals surface area contributed by atoms with Crippen LogP contribution in [0.5, 0.6) is 0 Å². The minimum Gasteiger partial charge on any atom is -0.365 e. The molecule has 1 aliphatic heterocycles. The van der Waals surface area contributed by atoms with E-state index in [0.29, 0.717) is 26.1 Å². The molecule has 0 saturated carbocycles. The Morgan fingerprint density at radius 1 is 1.07 bits per heavy atom. The monoisotopic (exact) mass is 485 g/mol. The average Bonchev–Trinajstić information content (AvgIpc) is 2.86.